The van der Waals surface area contributed by atoms with Crippen LogP contribution in [-0.2, 0) is 23.7 Å². The second-order valence-corrected chi connectivity index (χ2v) is 7.48. The summed E-state index contributed by atoms with van der Waals surface area (Å²) in [6.45, 7) is 1.54. The quantitative estimate of drug-likeness (QED) is 0.857. The zero-order valence-corrected chi connectivity index (χ0v) is 14.6. The lowest BCUT2D eigenvalue weighted by atomic mass is 9.90. The van der Waals surface area contributed by atoms with E-state index in [9.17, 15) is 9.18 Å². The van der Waals surface area contributed by atoms with Gasteiger partial charge < -0.3 is 9.47 Å². The smallest absolute Gasteiger partial charge is 0.233 e. The van der Waals surface area contributed by atoms with Crippen molar-refractivity contribution in [2.24, 2.45) is 13.0 Å². The van der Waals surface area contributed by atoms with Crippen LogP contribution in [0.2, 0.25) is 0 Å². The molecule has 1 aromatic carbocycles. The Morgan fingerprint density at radius 3 is 2.84 bits per heavy atom. The minimum absolute atomic E-state index is 0.113. The molecule has 2 heterocycles. The van der Waals surface area contributed by atoms with Crippen LogP contribution >= 0.6 is 0 Å². The van der Waals surface area contributed by atoms with Gasteiger partial charge in [-0.25, -0.2) is 9.37 Å². The second-order valence-electron chi connectivity index (χ2n) is 7.48. The molecule has 0 radical (unpaired) electrons. The number of nitrogens with zero attached hydrogens (tertiary/aromatic N) is 3. The van der Waals surface area contributed by atoms with E-state index in [0.29, 0.717) is 11.5 Å². The van der Waals surface area contributed by atoms with Gasteiger partial charge in [0.1, 0.15) is 11.6 Å². The fourth-order valence-electron chi connectivity index (χ4n) is 4.14. The van der Waals surface area contributed by atoms with E-state index < -0.39 is 5.41 Å². The molecule has 25 heavy (non-hydrogen) atoms. The van der Waals surface area contributed by atoms with Gasteiger partial charge in [-0.05, 0) is 37.7 Å². The number of aryl methyl sites for hydroxylation is 1. The summed E-state index contributed by atoms with van der Waals surface area (Å²) in [7, 11) is 2.01. The molecule has 1 aliphatic heterocycles. The van der Waals surface area contributed by atoms with Crippen LogP contribution in [0.1, 0.15) is 37.1 Å². The van der Waals surface area contributed by atoms with Crippen LogP contribution in [0.15, 0.2) is 36.7 Å². The molecular weight excluding hydrogens is 317 g/mol. The molecule has 4 nitrogen and oxygen atoms in total. The molecule has 0 bridgehead atoms. The maximum atomic E-state index is 14.2. The van der Waals surface area contributed by atoms with E-state index in [-0.39, 0.29) is 11.7 Å². The van der Waals surface area contributed by atoms with Crippen molar-refractivity contribution in [2.75, 3.05) is 13.1 Å². The summed E-state index contributed by atoms with van der Waals surface area (Å²) >= 11 is 0. The summed E-state index contributed by atoms with van der Waals surface area (Å²) in [5, 5.41) is 0. The van der Waals surface area contributed by atoms with Crippen LogP contribution in [0, 0.1) is 11.7 Å². The van der Waals surface area contributed by atoms with E-state index >= 15 is 0 Å². The highest BCUT2D eigenvalue weighted by Gasteiger charge is 2.54. The van der Waals surface area contributed by atoms with Crippen LogP contribution in [0.4, 0.5) is 4.39 Å². The summed E-state index contributed by atoms with van der Waals surface area (Å²) in [5.41, 5.74) is -0.0394. The van der Waals surface area contributed by atoms with Crippen molar-refractivity contribution in [1.29, 1.82) is 0 Å². The number of likely N-dealkylation sites (tertiary alicyclic amines) is 1. The Hall–Kier alpha value is -2.17. The zero-order valence-electron chi connectivity index (χ0n) is 14.6. The molecule has 1 aromatic heterocycles. The van der Waals surface area contributed by atoms with E-state index in [4.69, 9.17) is 0 Å². The highest BCUT2D eigenvalue weighted by atomic mass is 19.1. The summed E-state index contributed by atoms with van der Waals surface area (Å²) in [5.74, 6) is 1.35. The number of hydrogen-bond acceptors (Lipinski definition) is 2. The lowest BCUT2D eigenvalue weighted by Gasteiger charge is -2.35. The van der Waals surface area contributed by atoms with Crippen molar-refractivity contribution in [1.82, 2.24) is 14.5 Å². The van der Waals surface area contributed by atoms with Gasteiger partial charge in [0.05, 0.1) is 5.41 Å². The standard InChI is InChI=1S/C20H24FN3O/c1-23-12-10-22-18(23)13-15-5-4-11-24(14-15)19(25)20(8-9-20)16-6-2-3-7-17(16)21/h2-3,6-7,10,12,15H,4-5,8-9,11,13-14H2,1H3. The van der Waals surface area contributed by atoms with Gasteiger partial charge in [-0.3, -0.25) is 4.79 Å². The Kier molecular flexibility index (Phi) is 4.10. The highest BCUT2D eigenvalue weighted by Crippen LogP contribution is 2.50. The number of aromatic nitrogens is 2. The van der Waals surface area contributed by atoms with E-state index in [0.717, 1.165) is 51.0 Å². The summed E-state index contributed by atoms with van der Waals surface area (Å²) in [4.78, 5) is 19.6. The largest absolute Gasteiger partial charge is 0.342 e. The number of imidazole rings is 1. The molecule has 1 aliphatic carbocycles. The Morgan fingerprint density at radius 2 is 2.16 bits per heavy atom. The van der Waals surface area contributed by atoms with E-state index in [2.05, 4.69) is 4.98 Å². The predicted molar refractivity (Wildman–Crippen MR) is 93.5 cm³/mol. The predicted octanol–water partition coefficient (Wildman–Crippen LogP) is 3.07. The van der Waals surface area contributed by atoms with Crippen LogP contribution in [0.5, 0.6) is 0 Å². The third-order valence-corrected chi connectivity index (χ3v) is 5.75. The minimum atomic E-state index is -0.615. The zero-order chi connectivity index (χ0) is 17.4. The minimum Gasteiger partial charge on any atom is -0.342 e. The molecule has 5 heteroatoms. The van der Waals surface area contributed by atoms with Gasteiger partial charge >= 0.3 is 0 Å². The number of halogens is 1. The average molecular weight is 341 g/mol. The summed E-state index contributed by atoms with van der Waals surface area (Å²) < 4.78 is 16.3. The molecule has 0 N–H and O–H groups in total. The molecule has 2 aromatic rings. The first kappa shape index (κ1) is 16.3. The Morgan fingerprint density at radius 1 is 1.36 bits per heavy atom. The maximum absolute atomic E-state index is 14.2. The van der Waals surface area contributed by atoms with Gasteiger partial charge in [-0.1, -0.05) is 18.2 Å². The first-order valence-electron chi connectivity index (χ1n) is 9.11. The first-order chi connectivity index (χ1) is 12.1. The molecule has 1 saturated carbocycles. The Bertz CT molecular complexity index is 781. The molecule has 2 fully saturated rings. The third-order valence-electron chi connectivity index (χ3n) is 5.75. The molecule has 0 spiro atoms. The normalized spacial score (nSPS) is 22.0. The fraction of sp³-hybridized carbons (Fsp3) is 0.500. The SMILES string of the molecule is Cn1ccnc1CC1CCCN(C(=O)C2(c3ccccc3F)CC2)C1. The van der Waals surface area contributed by atoms with Gasteiger partial charge in [0.2, 0.25) is 5.91 Å². The number of rotatable bonds is 4. The van der Waals surface area contributed by atoms with Gasteiger partial charge in [0, 0.05) is 44.5 Å². The summed E-state index contributed by atoms with van der Waals surface area (Å²) in [6, 6.07) is 6.74. The third kappa shape index (κ3) is 2.96. The lowest BCUT2D eigenvalue weighted by Crippen LogP contribution is -2.45. The van der Waals surface area contributed by atoms with Crippen molar-refractivity contribution in [3.05, 3.63) is 53.9 Å². The van der Waals surface area contributed by atoms with E-state index in [1.807, 2.05) is 35.0 Å². The molecule has 132 valence electrons. The number of amides is 1. The Balaban J connectivity index is 1.49. The molecule has 1 atom stereocenters. The van der Waals surface area contributed by atoms with E-state index in [1.165, 1.54) is 6.07 Å². The van der Waals surface area contributed by atoms with Crippen LogP contribution in [0.3, 0.4) is 0 Å². The number of benzene rings is 1. The van der Waals surface area contributed by atoms with Gasteiger partial charge in [0.25, 0.3) is 0 Å². The fourth-order valence-corrected chi connectivity index (χ4v) is 4.14. The summed E-state index contributed by atoms with van der Waals surface area (Å²) in [6.07, 6.45) is 8.30. The molecule has 1 amide bonds. The number of hydrogen-bond donors (Lipinski definition) is 0. The molecule has 1 unspecified atom stereocenters. The van der Waals surface area contributed by atoms with Crippen LogP contribution in [-0.4, -0.2) is 33.4 Å². The highest BCUT2D eigenvalue weighted by molar-refractivity contribution is 5.91. The number of carbonyl (C=O) groups excluding carboxylic acids is 1. The topological polar surface area (TPSA) is 38.1 Å². The monoisotopic (exact) mass is 341 g/mol. The first-order valence-corrected chi connectivity index (χ1v) is 9.11. The molecule has 1 saturated heterocycles. The molecule has 4 rings (SSSR count). The van der Waals surface area contributed by atoms with Crippen molar-refractivity contribution in [2.45, 2.75) is 37.5 Å². The van der Waals surface area contributed by atoms with E-state index in [1.54, 1.807) is 12.1 Å². The van der Waals surface area contributed by atoms with Gasteiger partial charge in [-0.2, -0.15) is 0 Å². The maximum Gasteiger partial charge on any atom is 0.233 e. The van der Waals surface area contributed by atoms with Crippen LogP contribution in [0.25, 0.3) is 0 Å². The molecular formula is C20H24FN3O. The second kappa shape index (κ2) is 6.28. The van der Waals surface area contributed by atoms with Crippen molar-refractivity contribution in [3.63, 3.8) is 0 Å². The van der Waals surface area contributed by atoms with Crippen molar-refractivity contribution >= 4 is 5.91 Å². The van der Waals surface area contributed by atoms with Crippen molar-refractivity contribution < 1.29 is 9.18 Å². The number of piperidine rings is 1. The average Bonchev–Trinajstić information content (AvgIpc) is 3.33. The van der Waals surface area contributed by atoms with Gasteiger partial charge in [-0.15, -0.1) is 0 Å². The lowest BCUT2D eigenvalue weighted by molar-refractivity contribution is -0.135. The number of carbonyl (C=O) groups is 1. The Labute approximate surface area is 147 Å². The van der Waals surface area contributed by atoms with Crippen LogP contribution < -0.4 is 0 Å². The van der Waals surface area contributed by atoms with Gasteiger partial charge in [0.15, 0.2) is 0 Å². The van der Waals surface area contributed by atoms with Crippen molar-refractivity contribution in [3.8, 4) is 0 Å². The molecule has 2 aliphatic rings.